The second kappa shape index (κ2) is 5.78. The fourth-order valence-corrected chi connectivity index (χ4v) is 2.03. The van der Waals surface area contributed by atoms with Gasteiger partial charge in [-0.1, -0.05) is 23.8 Å². The molecule has 0 heterocycles. The molecule has 2 aromatic rings. The van der Waals surface area contributed by atoms with Gasteiger partial charge in [0.2, 0.25) is 0 Å². The number of rotatable bonds is 3. The molecule has 0 N–H and O–H groups in total. The van der Waals surface area contributed by atoms with Crippen molar-refractivity contribution in [2.45, 2.75) is 13.8 Å². The molecule has 0 saturated carbocycles. The smallest absolute Gasteiger partial charge is 0.258 e. The number of carbonyl (C=O) groups excluding carboxylic acids is 1. The molecule has 3 heteroatoms. The normalized spacial score (nSPS) is 10.2. The van der Waals surface area contributed by atoms with Crippen LogP contribution in [0, 0.1) is 13.8 Å². The quantitative estimate of drug-likeness (QED) is 0.852. The summed E-state index contributed by atoms with van der Waals surface area (Å²) in [6.45, 7) is 3.98. The molecule has 0 radical (unpaired) electrons. The van der Waals surface area contributed by atoms with Crippen LogP contribution in [0.2, 0.25) is 0 Å². The van der Waals surface area contributed by atoms with Gasteiger partial charge < -0.3 is 9.64 Å². The van der Waals surface area contributed by atoms with Gasteiger partial charge in [0.1, 0.15) is 5.75 Å². The minimum absolute atomic E-state index is 0.0489. The van der Waals surface area contributed by atoms with Gasteiger partial charge in [0.05, 0.1) is 7.11 Å². The van der Waals surface area contributed by atoms with E-state index in [1.165, 1.54) is 5.56 Å². The molecule has 0 aliphatic rings. The first-order chi connectivity index (χ1) is 9.52. The van der Waals surface area contributed by atoms with Gasteiger partial charge in [-0.05, 0) is 43.7 Å². The van der Waals surface area contributed by atoms with E-state index in [-0.39, 0.29) is 5.91 Å². The summed E-state index contributed by atoms with van der Waals surface area (Å²) in [6.07, 6.45) is 0. The van der Waals surface area contributed by atoms with Crippen molar-refractivity contribution in [3.63, 3.8) is 0 Å². The lowest BCUT2D eigenvalue weighted by atomic mass is 10.1. The summed E-state index contributed by atoms with van der Waals surface area (Å²) in [6, 6.07) is 13.4. The Morgan fingerprint density at radius 2 is 1.70 bits per heavy atom. The highest BCUT2D eigenvalue weighted by Gasteiger charge is 2.14. The van der Waals surface area contributed by atoms with Crippen LogP contribution < -0.4 is 9.64 Å². The van der Waals surface area contributed by atoms with Crippen molar-refractivity contribution in [1.82, 2.24) is 0 Å². The van der Waals surface area contributed by atoms with Gasteiger partial charge in [0.15, 0.2) is 0 Å². The van der Waals surface area contributed by atoms with E-state index in [4.69, 9.17) is 4.74 Å². The Labute approximate surface area is 119 Å². The van der Waals surface area contributed by atoms with Crippen LogP contribution in [-0.4, -0.2) is 20.1 Å². The van der Waals surface area contributed by atoms with Gasteiger partial charge in [-0.25, -0.2) is 0 Å². The van der Waals surface area contributed by atoms with Gasteiger partial charge >= 0.3 is 0 Å². The van der Waals surface area contributed by atoms with Gasteiger partial charge in [0, 0.05) is 18.3 Å². The molecule has 1 amide bonds. The summed E-state index contributed by atoms with van der Waals surface area (Å²) in [5, 5.41) is 0. The van der Waals surface area contributed by atoms with Crippen LogP contribution in [0.15, 0.2) is 42.5 Å². The first-order valence-electron chi connectivity index (χ1n) is 6.52. The van der Waals surface area contributed by atoms with Crippen molar-refractivity contribution in [3.05, 3.63) is 59.2 Å². The number of hydrogen-bond acceptors (Lipinski definition) is 2. The van der Waals surface area contributed by atoms with E-state index in [1.807, 2.05) is 50.2 Å². The summed E-state index contributed by atoms with van der Waals surface area (Å²) < 4.78 is 5.27. The predicted molar refractivity (Wildman–Crippen MR) is 81.6 cm³/mol. The number of amides is 1. The molecule has 0 saturated heterocycles. The van der Waals surface area contributed by atoms with E-state index >= 15 is 0 Å². The Balaban J connectivity index is 2.28. The molecule has 2 rings (SSSR count). The van der Waals surface area contributed by atoms with Crippen molar-refractivity contribution >= 4 is 11.6 Å². The number of ether oxygens (including phenoxy) is 1. The maximum absolute atomic E-state index is 12.5. The Morgan fingerprint density at radius 3 is 2.30 bits per heavy atom. The third-order valence-electron chi connectivity index (χ3n) is 3.38. The number of anilines is 1. The second-order valence-corrected chi connectivity index (χ2v) is 4.88. The molecular formula is C17H19NO2. The number of nitrogens with zero attached hydrogens (tertiary/aromatic N) is 1. The molecule has 0 bridgehead atoms. The topological polar surface area (TPSA) is 29.5 Å². The van der Waals surface area contributed by atoms with Crippen LogP contribution in [0.4, 0.5) is 5.69 Å². The maximum Gasteiger partial charge on any atom is 0.258 e. The lowest BCUT2D eigenvalue weighted by Gasteiger charge is -2.18. The average molecular weight is 269 g/mol. The standard InChI is InChI=1S/C17H19NO2/c1-12-5-9-15(10-6-12)18(3)17(19)14-8-7-13(2)16(11-14)20-4/h5-11H,1-4H3. The van der Waals surface area contributed by atoms with Crippen LogP contribution in [0.3, 0.4) is 0 Å². The molecule has 0 spiro atoms. The highest BCUT2D eigenvalue weighted by atomic mass is 16.5. The summed E-state index contributed by atoms with van der Waals surface area (Å²) >= 11 is 0. The largest absolute Gasteiger partial charge is 0.496 e. The zero-order valence-electron chi connectivity index (χ0n) is 12.3. The molecule has 2 aromatic carbocycles. The molecule has 0 unspecified atom stereocenters. The Bertz CT molecular complexity index is 617. The highest BCUT2D eigenvalue weighted by Crippen LogP contribution is 2.22. The Morgan fingerprint density at radius 1 is 1.05 bits per heavy atom. The van der Waals surface area contributed by atoms with E-state index in [0.29, 0.717) is 5.56 Å². The number of hydrogen-bond donors (Lipinski definition) is 0. The summed E-state index contributed by atoms with van der Waals surface area (Å²) in [5.41, 5.74) is 3.68. The third kappa shape index (κ3) is 2.82. The summed E-state index contributed by atoms with van der Waals surface area (Å²) in [7, 11) is 3.39. The summed E-state index contributed by atoms with van der Waals surface area (Å²) in [5.74, 6) is 0.681. The van der Waals surface area contributed by atoms with Crippen molar-refractivity contribution in [2.24, 2.45) is 0 Å². The first kappa shape index (κ1) is 14.1. The maximum atomic E-state index is 12.5. The Hall–Kier alpha value is -2.29. The van der Waals surface area contributed by atoms with E-state index in [1.54, 1.807) is 25.1 Å². The average Bonchev–Trinajstić information content (AvgIpc) is 2.47. The monoisotopic (exact) mass is 269 g/mol. The van der Waals surface area contributed by atoms with Gasteiger partial charge in [-0.15, -0.1) is 0 Å². The lowest BCUT2D eigenvalue weighted by Crippen LogP contribution is -2.26. The number of benzene rings is 2. The predicted octanol–water partition coefficient (Wildman–Crippen LogP) is 3.59. The van der Waals surface area contributed by atoms with E-state index in [9.17, 15) is 4.79 Å². The SMILES string of the molecule is COc1cc(C(=O)N(C)c2ccc(C)cc2)ccc1C. The molecule has 0 fully saturated rings. The zero-order valence-corrected chi connectivity index (χ0v) is 12.3. The number of carbonyl (C=O) groups is 1. The first-order valence-corrected chi connectivity index (χ1v) is 6.52. The minimum Gasteiger partial charge on any atom is -0.496 e. The van der Waals surface area contributed by atoms with Gasteiger partial charge in [-0.2, -0.15) is 0 Å². The van der Waals surface area contributed by atoms with Crippen molar-refractivity contribution in [1.29, 1.82) is 0 Å². The summed E-state index contributed by atoms with van der Waals surface area (Å²) in [4.78, 5) is 14.1. The van der Waals surface area contributed by atoms with Crippen LogP contribution in [0.1, 0.15) is 21.5 Å². The molecule has 0 atom stereocenters. The van der Waals surface area contributed by atoms with Gasteiger partial charge in [-0.3, -0.25) is 4.79 Å². The third-order valence-corrected chi connectivity index (χ3v) is 3.38. The van der Waals surface area contributed by atoms with Crippen LogP contribution >= 0.6 is 0 Å². The number of methoxy groups -OCH3 is 1. The zero-order chi connectivity index (χ0) is 14.7. The second-order valence-electron chi connectivity index (χ2n) is 4.88. The van der Waals surface area contributed by atoms with Crippen LogP contribution in [0.5, 0.6) is 5.75 Å². The molecule has 3 nitrogen and oxygen atoms in total. The molecular weight excluding hydrogens is 250 g/mol. The Kier molecular flexibility index (Phi) is 4.08. The van der Waals surface area contributed by atoms with Crippen molar-refractivity contribution in [2.75, 3.05) is 19.1 Å². The highest BCUT2D eigenvalue weighted by molar-refractivity contribution is 6.06. The van der Waals surface area contributed by atoms with Crippen LogP contribution in [-0.2, 0) is 0 Å². The van der Waals surface area contributed by atoms with Crippen molar-refractivity contribution in [3.8, 4) is 5.75 Å². The molecule has 0 aliphatic heterocycles. The van der Waals surface area contributed by atoms with Crippen LogP contribution in [0.25, 0.3) is 0 Å². The molecule has 0 aromatic heterocycles. The van der Waals surface area contributed by atoms with E-state index in [0.717, 1.165) is 17.0 Å². The minimum atomic E-state index is -0.0489. The molecule has 20 heavy (non-hydrogen) atoms. The molecule has 0 aliphatic carbocycles. The fraction of sp³-hybridized carbons (Fsp3) is 0.235. The van der Waals surface area contributed by atoms with Crippen molar-refractivity contribution < 1.29 is 9.53 Å². The van der Waals surface area contributed by atoms with E-state index < -0.39 is 0 Å². The van der Waals surface area contributed by atoms with Gasteiger partial charge in [0.25, 0.3) is 5.91 Å². The lowest BCUT2D eigenvalue weighted by molar-refractivity contribution is 0.0992. The number of aryl methyl sites for hydroxylation is 2. The fourth-order valence-electron chi connectivity index (χ4n) is 2.03. The molecule has 104 valence electrons. The van der Waals surface area contributed by atoms with E-state index in [2.05, 4.69) is 0 Å².